The zero-order chi connectivity index (χ0) is 19.7. The van der Waals surface area contributed by atoms with E-state index in [9.17, 15) is 14.7 Å². The molecule has 2 heterocycles. The summed E-state index contributed by atoms with van der Waals surface area (Å²) in [6.07, 6.45) is 3.84. The van der Waals surface area contributed by atoms with Crippen LogP contribution in [0.2, 0.25) is 0 Å². The fourth-order valence-electron chi connectivity index (χ4n) is 3.57. The number of nitrogens with one attached hydrogen (secondary N) is 1. The van der Waals surface area contributed by atoms with Crippen molar-refractivity contribution in [2.75, 3.05) is 6.54 Å². The highest BCUT2D eigenvalue weighted by Crippen LogP contribution is 2.26. The summed E-state index contributed by atoms with van der Waals surface area (Å²) in [6.45, 7) is 0.406. The van der Waals surface area contributed by atoms with E-state index in [1.807, 2.05) is 6.07 Å². The molecule has 1 aromatic carbocycles. The largest absolute Gasteiger partial charge is 0.369 e. The number of rotatable bonds is 2. The van der Waals surface area contributed by atoms with E-state index in [0.717, 1.165) is 36.9 Å². The van der Waals surface area contributed by atoms with Gasteiger partial charge in [0.05, 0.1) is 0 Å². The molecular weight excluding hydrogens is 356 g/mol. The molecule has 2 aliphatic rings. The van der Waals surface area contributed by atoms with E-state index < -0.39 is 17.4 Å². The standard InChI is InChI=1S/C21H20N4O3/c22-18(26)17-15-6-1-2-7-16(15)24-19(25-17)14-5-3-4-13(12-14)8-9-21(28)10-11-23-20(21)27/h3-5,12,28H,1-2,6-7,10-11H2,(H2,22,26)(H,23,27)/t21-/m0/s1. The van der Waals surface area contributed by atoms with Gasteiger partial charge in [0.25, 0.3) is 11.8 Å². The van der Waals surface area contributed by atoms with E-state index in [1.54, 1.807) is 18.2 Å². The number of carbonyl (C=O) groups excluding carboxylic acids is 2. The van der Waals surface area contributed by atoms with Crippen molar-refractivity contribution < 1.29 is 14.7 Å². The minimum absolute atomic E-state index is 0.258. The first kappa shape index (κ1) is 18.1. The fraction of sp³-hybridized carbons (Fsp3) is 0.333. The summed E-state index contributed by atoms with van der Waals surface area (Å²) < 4.78 is 0. The van der Waals surface area contributed by atoms with Crippen LogP contribution in [0.3, 0.4) is 0 Å². The number of amides is 2. The van der Waals surface area contributed by atoms with Crippen LogP contribution in [0.4, 0.5) is 0 Å². The second-order valence-electron chi connectivity index (χ2n) is 7.09. The molecule has 2 amide bonds. The number of nitrogens with zero attached hydrogens (tertiary/aromatic N) is 2. The maximum Gasteiger partial charge on any atom is 0.267 e. The van der Waals surface area contributed by atoms with E-state index in [1.165, 1.54) is 0 Å². The molecule has 0 radical (unpaired) electrons. The van der Waals surface area contributed by atoms with Crippen LogP contribution in [0.15, 0.2) is 24.3 Å². The molecule has 0 unspecified atom stereocenters. The number of hydrogen-bond donors (Lipinski definition) is 3. The summed E-state index contributed by atoms with van der Waals surface area (Å²) in [6, 6.07) is 7.18. The Labute approximate surface area is 162 Å². The monoisotopic (exact) mass is 376 g/mol. The number of fused-ring (bicyclic) bond motifs is 1. The number of hydrogen-bond acceptors (Lipinski definition) is 5. The predicted octanol–water partition coefficient (Wildman–Crippen LogP) is 0.724. The van der Waals surface area contributed by atoms with Gasteiger partial charge >= 0.3 is 0 Å². The van der Waals surface area contributed by atoms with Crippen molar-refractivity contribution in [1.82, 2.24) is 15.3 Å². The molecule has 28 heavy (non-hydrogen) atoms. The molecular formula is C21H20N4O3. The number of aromatic nitrogens is 2. The van der Waals surface area contributed by atoms with Crippen LogP contribution in [0.5, 0.6) is 0 Å². The molecule has 7 nitrogen and oxygen atoms in total. The molecule has 7 heteroatoms. The molecule has 1 atom stereocenters. The highest BCUT2D eigenvalue weighted by atomic mass is 16.3. The van der Waals surface area contributed by atoms with Crippen LogP contribution in [0, 0.1) is 11.8 Å². The normalized spacial score (nSPS) is 20.7. The molecule has 4 N–H and O–H groups in total. The molecule has 1 saturated heterocycles. The fourth-order valence-corrected chi connectivity index (χ4v) is 3.57. The minimum atomic E-state index is -1.66. The summed E-state index contributed by atoms with van der Waals surface area (Å²) in [5.41, 5.74) is 7.22. The molecule has 1 fully saturated rings. The zero-order valence-electron chi connectivity index (χ0n) is 15.3. The Morgan fingerprint density at radius 1 is 1.25 bits per heavy atom. The van der Waals surface area contributed by atoms with E-state index in [-0.39, 0.29) is 12.1 Å². The lowest BCUT2D eigenvalue weighted by molar-refractivity contribution is -0.130. The smallest absolute Gasteiger partial charge is 0.267 e. The maximum atomic E-state index is 11.9. The second kappa shape index (κ2) is 7.06. The average molecular weight is 376 g/mol. The van der Waals surface area contributed by atoms with Crippen molar-refractivity contribution in [3.8, 4) is 23.2 Å². The third-order valence-corrected chi connectivity index (χ3v) is 5.10. The van der Waals surface area contributed by atoms with Gasteiger partial charge in [0.15, 0.2) is 5.82 Å². The van der Waals surface area contributed by atoms with Crippen LogP contribution < -0.4 is 11.1 Å². The van der Waals surface area contributed by atoms with Gasteiger partial charge in [0.1, 0.15) is 5.69 Å². The van der Waals surface area contributed by atoms with Crippen LogP contribution in [0.1, 0.15) is 46.6 Å². The van der Waals surface area contributed by atoms with Crippen molar-refractivity contribution in [2.24, 2.45) is 5.73 Å². The van der Waals surface area contributed by atoms with Gasteiger partial charge in [0.2, 0.25) is 5.60 Å². The number of aryl methyl sites for hydroxylation is 1. The zero-order valence-corrected chi connectivity index (χ0v) is 15.3. The first-order valence-electron chi connectivity index (χ1n) is 9.30. The Balaban J connectivity index is 1.72. The average Bonchev–Trinajstić information content (AvgIpc) is 3.04. The molecule has 0 bridgehead atoms. The van der Waals surface area contributed by atoms with Gasteiger partial charge < -0.3 is 16.2 Å². The molecule has 0 saturated carbocycles. The number of carbonyl (C=O) groups is 2. The summed E-state index contributed by atoms with van der Waals surface area (Å²) in [5, 5.41) is 12.8. The summed E-state index contributed by atoms with van der Waals surface area (Å²) in [5.74, 6) is 4.93. The predicted molar refractivity (Wildman–Crippen MR) is 102 cm³/mol. The van der Waals surface area contributed by atoms with Gasteiger partial charge in [-0.05, 0) is 37.8 Å². The lowest BCUT2D eigenvalue weighted by Gasteiger charge is -2.17. The molecule has 1 aliphatic carbocycles. The van der Waals surface area contributed by atoms with Gasteiger partial charge in [0, 0.05) is 35.3 Å². The SMILES string of the molecule is NC(=O)c1nc(-c2cccc(C#C[C@]3(O)CCNC3=O)c2)nc2c1CCCC2. The van der Waals surface area contributed by atoms with Crippen molar-refractivity contribution in [1.29, 1.82) is 0 Å². The third kappa shape index (κ3) is 3.35. The van der Waals surface area contributed by atoms with E-state index >= 15 is 0 Å². The Morgan fingerprint density at radius 3 is 2.82 bits per heavy atom. The Bertz CT molecular complexity index is 1040. The molecule has 1 aromatic heterocycles. The minimum Gasteiger partial charge on any atom is -0.369 e. The van der Waals surface area contributed by atoms with E-state index in [2.05, 4.69) is 27.1 Å². The van der Waals surface area contributed by atoms with E-state index in [4.69, 9.17) is 5.73 Å². The molecule has 2 aromatic rings. The molecule has 0 spiro atoms. The van der Waals surface area contributed by atoms with Gasteiger partial charge in [-0.3, -0.25) is 9.59 Å². The second-order valence-corrected chi connectivity index (χ2v) is 7.09. The van der Waals surface area contributed by atoms with Gasteiger partial charge in [-0.1, -0.05) is 24.0 Å². The topological polar surface area (TPSA) is 118 Å². The molecule has 1 aliphatic heterocycles. The summed E-state index contributed by atoms with van der Waals surface area (Å²) >= 11 is 0. The molecule has 4 rings (SSSR count). The Hall–Kier alpha value is -3.24. The number of benzene rings is 1. The van der Waals surface area contributed by atoms with Crippen LogP contribution >= 0.6 is 0 Å². The van der Waals surface area contributed by atoms with Crippen LogP contribution in [-0.4, -0.2) is 39.0 Å². The maximum absolute atomic E-state index is 11.9. The van der Waals surface area contributed by atoms with E-state index in [0.29, 0.717) is 23.5 Å². The van der Waals surface area contributed by atoms with Crippen LogP contribution in [-0.2, 0) is 17.6 Å². The lowest BCUT2D eigenvalue weighted by Crippen LogP contribution is -2.36. The van der Waals surface area contributed by atoms with Crippen LogP contribution in [0.25, 0.3) is 11.4 Å². The lowest BCUT2D eigenvalue weighted by atomic mass is 9.94. The number of primary amides is 1. The quantitative estimate of drug-likeness (QED) is 0.668. The summed E-state index contributed by atoms with van der Waals surface area (Å²) in [4.78, 5) is 32.7. The summed E-state index contributed by atoms with van der Waals surface area (Å²) in [7, 11) is 0. The Morgan fingerprint density at radius 2 is 2.07 bits per heavy atom. The van der Waals surface area contributed by atoms with Crippen molar-refractivity contribution in [3.63, 3.8) is 0 Å². The van der Waals surface area contributed by atoms with Crippen molar-refractivity contribution in [3.05, 3.63) is 46.8 Å². The van der Waals surface area contributed by atoms with Gasteiger partial charge in [-0.15, -0.1) is 0 Å². The van der Waals surface area contributed by atoms with Gasteiger partial charge in [-0.2, -0.15) is 0 Å². The van der Waals surface area contributed by atoms with Crippen molar-refractivity contribution in [2.45, 2.75) is 37.7 Å². The first-order valence-corrected chi connectivity index (χ1v) is 9.30. The first-order chi connectivity index (χ1) is 13.5. The third-order valence-electron chi connectivity index (χ3n) is 5.10. The Kier molecular flexibility index (Phi) is 4.57. The highest BCUT2D eigenvalue weighted by Gasteiger charge is 2.38. The highest BCUT2D eigenvalue weighted by molar-refractivity contribution is 5.93. The number of nitrogens with two attached hydrogens (primary N) is 1. The number of aliphatic hydroxyl groups is 1. The van der Waals surface area contributed by atoms with Crippen molar-refractivity contribution >= 4 is 11.8 Å². The molecule has 142 valence electrons. The van der Waals surface area contributed by atoms with Gasteiger partial charge in [-0.25, -0.2) is 9.97 Å².